The van der Waals surface area contributed by atoms with Crippen LogP contribution in [0.5, 0.6) is 5.75 Å². The fourth-order valence-electron chi connectivity index (χ4n) is 2.32. The third-order valence-corrected chi connectivity index (χ3v) is 4.70. The third-order valence-electron chi connectivity index (χ3n) is 3.69. The first-order valence-electron chi connectivity index (χ1n) is 7.78. The van der Waals surface area contributed by atoms with Crippen LogP contribution in [0.25, 0.3) is 11.3 Å². The minimum absolute atomic E-state index is 0.0504. The van der Waals surface area contributed by atoms with Gasteiger partial charge in [-0.25, -0.2) is 4.98 Å². The Labute approximate surface area is 155 Å². The van der Waals surface area contributed by atoms with Crippen molar-refractivity contribution >= 4 is 34.0 Å². The summed E-state index contributed by atoms with van der Waals surface area (Å²) in [5.74, 6) is 0.750. The van der Waals surface area contributed by atoms with E-state index in [9.17, 15) is 4.79 Å². The van der Waals surface area contributed by atoms with Crippen LogP contribution in [-0.2, 0) is 11.2 Å². The lowest BCUT2D eigenvalue weighted by Gasteiger charge is -2.03. The average Bonchev–Trinajstić information content (AvgIpc) is 3.10. The lowest BCUT2D eigenvalue weighted by atomic mass is 10.1. The van der Waals surface area contributed by atoms with Gasteiger partial charge in [0.1, 0.15) is 5.75 Å². The molecule has 0 bridgehead atoms. The Hall–Kier alpha value is -2.37. The Bertz CT molecular complexity index is 845. The van der Waals surface area contributed by atoms with E-state index < -0.39 is 0 Å². The van der Waals surface area contributed by atoms with Gasteiger partial charge in [0, 0.05) is 22.4 Å². The number of aryl methyl sites for hydroxylation is 1. The lowest BCUT2D eigenvalue weighted by molar-refractivity contribution is -0.116. The molecule has 0 spiro atoms. The number of thiazole rings is 1. The minimum atomic E-state index is -0.0504. The molecular formula is C19H17ClN2O2S. The van der Waals surface area contributed by atoms with Crippen LogP contribution in [0.2, 0.25) is 5.02 Å². The third kappa shape index (κ3) is 4.81. The van der Waals surface area contributed by atoms with Crippen LogP contribution in [-0.4, -0.2) is 18.0 Å². The molecule has 0 atom stereocenters. The van der Waals surface area contributed by atoms with E-state index in [-0.39, 0.29) is 5.91 Å². The van der Waals surface area contributed by atoms with Crippen molar-refractivity contribution in [3.63, 3.8) is 0 Å². The molecule has 128 valence electrons. The van der Waals surface area contributed by atoms with E-state index in [0.29, 0.717) is 23.0 Å². The van der Waals surface area contributed by atoms with Crippen LogP contribution in [0.1, 0.15) is 12.0 Å². The van der Waals surface area contributed by atoms with Crippen molar-refractivity contribution in [3.8, 4) is 17.0 Å². The normalized spacial score (nSPS) is 10.5. The van der Waals surface area contributed by atoms with E-state index in [2.05, 4.69) is 10.3 Å². The fourth-order valence-corrected chi connectivity index (χ4v) is 3.18. The van der Waals surface area contributed by atoms with Gasteiger partial charge in [0.15, 0.2) is 5.13 Å². The maximum absolute atomic E-state index is 12.1. The molecule has 3 aromatic rings. The van der Waals surface area contributed by atoms with E-state index in [4.69, 9.17) is 16.3 Å². The number of amides is 1. The number of nitrogens with zero attached hydrogens (tertiary/aromatic N) is 1. The zero-order valence-corrected chi connectivity index (χ0v) is 15.2. The van der Waals surface area contributed by atoms with Crippen molar-refractivity contribution in [3.05, 3.63) is 64.5 Å². The second-order valence-corrected chi connectivity index (χ2v) is 6.74. The van der Waals surface area contributed by atoms with Crippen molar-refractivity contribution in [2.45, 2.75) is 12.8 Å². The molecular weight excluding hydrogens is 356 g/mol. The van der Waals surface area contributed by atoms with Crippen molar-refractivity contribution in [1.29, 1.82) is 0 Å². The highest BCUT2D eigenvalue weighted by molar-refractivity contribution is 7.14. The SMILES string of the molecule is COc1ccc(-c2csc(NC(=O)CCc3ccc(Cl)cc3)n2)cc1. The number of hydrogen-bond donors (Lipinski definition) is 1. The smallest absolute Gasteiger partial charge is 0.226 e. The molecule has 0 saturated heterocycles. The predicted octanol–water partition coefficient (Wildman–Crippen LogP) is 5.04. The number of nitrogens with one attached hydrogen (secondary N) is 1. The summed E-state index contributed by atoms with van der Waals surface area (Å²) in [7, 11) is 1.63. The molecule has 3 rings (SSSR count). The highest BCUT2D eigenvalue weighted by Gasteiger charge is 2.08. The molecule has 0 aliphatic carbocycles. The number of hydrogen-bond acceptors (Lipinski definition) is 4. The number of ether oxygens (including phenoxy) is 1. The van der Waals surface area contributed by atoms with Crippen LogP contribution < -0.4 is 10.1 Å². The topological polar surface area (TPSA) is 51.2 Å². The molecule has 1 heterocycles. The van der Waals surface area contributed by atoms with Crippen LogP contribution in [0.4, 0.5) is 5.13 Å². The summed E-state index contributed by atoms with van der Waals surface area (Å²) in [5, 5.41) is 6.08. The first-order valence-corrected chi connectivity index (χ1v) is 9.04. The van der Waals surface area contributed by atoms with Gasteiger partial charge in [-0.1, -0.05) is 23.7 Å². The first-order chi connectivity index (χ1) is 12.1. The number of methoxy groups -OCH3 is 1. The van der Waals surface area contributed by atoms with Gasteiger partial charge < -0.3 is 10.1 Å². The Morgan fingerprint density at radius 1 is 1.16 bits per heavy atom. The van der Waals surface area contributed by atoms with Gasteiger partial charge in [0.25, 0.3) is 0 Å². The fraction of sp³-hybridized carbons (Fsp3) is 0.158. The molecule has 6 heteroatoms. The summed E-state index contributed by atoms with van der Waals surface area (Å²) in [6.07, 6.45) is 1.07. The molecule has 25 heavy (non-hydrogen) atoms. The monoisotopic (exact) mass is 372 g/mol. The summed E-state index contributed by atoms with van der Waals surface area (Å²) >= 11 is 7.27. The van der Waals surface area contributed by atoms with Crippen molar-refractivity contribution in [2.75, 3.05) is 12.4 Å². The number of carbonyl (C=O) groups excluding carboxylic acids is 1. The Morgan fingerprint density at radius 3 is 2.56 bits per heavy atom. The van der Waals surface area contributed by atoms with Crippen LogP contribution in [0, 0.1) is 0 Å². The second-order valence-electron chi connectivity index (χ2n) is 5.44. The molecule has 0 aliphatic rings. The molecule has 0 aliphatic heterocycles. The molecule has 1 N–H and O–H groups in total. The number of halogens is 1. The average molecular weight is 373 g/mol. The number of carbonyl (C=O) groups is 1. The zero-order chi connectivity index (χ0) is 17.6. The van der Waals surface area contributed by atoms with E-state index in [1.165, 1.54) is 11.3 Å². The Morgan fingerprint density at radius 2 is 1.88 bits per heavy atom. The lowest BCUT2D eigenvalue weighted by Crippen LogP contribution is -2.12. The Balaban J connectivity index is 1.56. The maximum atomic E-state index is 12.1. The summed E-state index contributed by atoms with van der Waals surface area (Å²) in [6, 6.07) is 15.2. The molecule has 0 fully saturated rings. The molecule has 4 nitrogen and oxygen atoms in total. The van der Waals surface area contributed by atoms with Gasteiger partial charge >= 0.3 is 0 Å². The zero-order valence-electron chi connectivity index (χ0n) is 13.7. The van der Waals surface area contributed by atoms with Gasteiger partial charge in [0.2, 0.25) is 5.91 Å². The molecule has 1 amide bonds. The van der Waals surface area contributed by atoms with Crippen molar-refractivity contribution < 1.29 is 9.53 Å². The van der Waals surface area contributed by atoms with Crippen molar-refractivity contribution in [2.24, 2.45) is 0 Å². The van der Waals surface area contributed by atoms with Gasteiger partial charge in [0.05, 0.1) is 12.8 Å². The van der Waals surface area contributed by atoms with E-state index in [0.717, 1.165) is 22.6 Å². The molecule has 0 unspecified atom stereocenters. The van der Waals surface area contributed by atoms with Crippen molar-refractivity contribution in [1.82, 2.24) is 4.98 Å². The largest absolute Gasteiger partial charge is 0.497 e. The standard InChI is InChI=1S/C19H17ClN2O2S/c1-24-16-9-5-14(6-10-16)17-12-25-19(21-17)22-18(23)11-4-13-2-7-15(20)8-3-13/h2-3,5-10,12H,4,11H2,1H3,(H,21,22,23). The molecule has 0 saturated carbocycles. The number of anilines is 1. The second kappa shape index (κ2) is 8.14. The summed E-state index contributed by atoms with van der Waals surface area (Å²) in [4.78, 5) is 16.6. The highest BCUT2D eigenvalue weighted by atomic mass is 35.5. The van der Waals surface area contributed by atoms with Crippen LogP contribution >= 0.6 is 22.9 Å². The number of rotatable bonds is 6. The Kier molecular flexibility index (Phi) is 5.68. The van der Waals surface area contributed by atoms with E-state index in [1.807, 2.05) is 53.9 Å². The summed E-state index contributed by atoms with van der Waals surface area (Å²) < 4.78 is 5.15. The molecule has 1 aromatic heterocycles. The van der Waals surface area contributed by atoms with Gasteiger partial charge in [-0.2, -0.15) is 0 Å². The first kappa shape index (κ1) is 17.5. The van der Waals surface area contributed by atoms with Crippen LogP contribution in [0.15, 0.2) is 53.9 Å². The van der Waals surface area contributed by atoms with Gasteiger partial charge in [-0.15, -0.1) is 11.3 Å². The predicted molar refractivity (Wildman–Crippen MR) is 103 cm³/mol. The number of aromatic nitrogens is 1. The summed E-state index contributed by atoms with van der Waals surface area (Å²) in [5.41, 5.74) is 2.90. The quantitative estimate of drug-likeness (QED) is 0.659. The minimum Gasteiger partial charge on any atom is -0.497 e. The maximum Gasteiger partial charge on any atom is 0.226 e. The molecule has 2 aromatic carbocycles. The van der Waals surface area contributed by atoms with Gasteiger partial charge in [-0.3, -0.25) is 4.79 Å². The van der Waals surface area contributed by atoms with E-state index >= 15 is 0 Å². The molecule has 0 radical (unpaired) electrons. The summed E-state index contributed by atoms with van der Waals surface area (Å²) in [6.45, 7) is 0. The number of benzene rings is 2. The van der Waals surface area contributed by atoms with Crippen LogP contribution in [0.3, 0.4) is 0 Å². The van der Waals surface area contributed by atoms with E-state index in [1.54, 1.807) is 7.11 Å². The van der Waals surface area contributed by atoms with Gasteiger partial charge in [-0.05, 0) is 48.4 Å². The highest BCUT2D eigenvalue weighted by Crippen LogP contribution is 2.26.